The van der Waals surface area contributed by atoms with Gasteiger partial charge in [0.1, 0.15) is 0 Å². The molecule has 1 aromatic carbocycles. The smallest absolute Gasteiger partial charge is 0.0641 e. The first-order chi connectivity index (χ1) is 10.7. The Morgan fingerprint density at radius 2 is 2.09 bits per heavy atom. The van der Waals surface area contributed by atoms with Crippen LogP contribution in [0.25, 0.3) is 0 Å². The van der Waals surface area contributed by atoms with Crippen LogP contribution in [0.3, 0.4) is 0 Å². The standard InChI is InChI=1S/C18H25O2.C2H3.Ho/c1-2-3-4-6-14-9-10-17(18(20)12-14)16-8-5-7-15(11-16)13-19;1-2;/h9,11-12,16,19-20H,2-8,13H2,1H3;1H,2H2;/q2*-1;. The molecule has 0 saturated carbocycles. The first-order valence-corrected chi connectivity index (χ1v) is 8.19. The van der Waals surface area contributed by atoms with Gasteiger partial charge in [0, 0.05) is 43.5 Å². The molecule has 23 heavy (non-hydrogen) atoms. The molecule has 0 bridgehead atoms. The fourth-order valence-corrected chi connectivity index (χ4v) is 2.92. The van der Waals surface area contributed by atoms with Gasteiger partial charge >= 0.3 is 0 Å². The number of phenols is 1. The summed E-state index contributed by atoms with van der Waals surface area (Å²) in [7, 11) is 0. The van der Waals surface area contributed by atoms with Crippen molar-refractivity contribution in [3.8, 4) is 5.75 Å². The van der Waals surface area contributed by atoms with Crippen LogP contribution in [0.2, 0.25) is 0 Å². The van der Waals surface area contributed by atoms with E-state index in [1.807, 2.05) is 12.1 Å². The molecule has 2 N–H and O–H groups in total. The minimum absolute atomic E-state index is 0. The Labute approximate surface area is 171 Å². The number of unbranched alkanes of at least 4 members (excludes halogenated alkanes) is 2. The molecule has 0 aromatic heterocycles. The third-order valence-corrected chi connectivity index (χ3v) is 4.10. The van der Waals surface area contributed by atoms with Gasteiger partial charge in [-0.3, -0.25) is 6.58 Å². The van der Waals surface area contributed by atoms with Gasteiger partial charge in [0.05, 0.1) is 6.61 Å². The molecule has 133 valence electrons. The number of allylic oxidation sites excluding steroid dienone is 1. The summed E-state index contributed by atoms with van der Waals surface area (Å²) in [5.74, 6) is 0.565. The van der Waals surface area contributed by atoms with Gasteiger partial charge in [-0.2, -0.15) is 17.7 Å². The number of aliphatic hydroxyl groups excluding tert-OH is 1. The van der Waals surface area contributed by atoms with Gasteiger partial charge in [-0.25, -0.2) is 0 Å². The van der Waals surface area contributed by atoms with Crippen LogP contribution in [0.15, 0.2) is 30.4 Å². The molecule has 0 heterocycles. The van der Waals surface area contributed by atoms with Crippen LogP contribution < -0.4 is 0 Å². The molecule has 0 saturated heterocycles. The van der Waals surface area contributed by atoms with Gasteiger partial charge in [0.25, 0.3) is 0 Å². The van der Waals surface area contributed by atoms with Gasteiger partial charge < -0.3 is 16.8 Å². The second-order valence-electron chi connectivity index (χ2n) is 5.75. The van der Waals surface area contributed by atoms with Gasteiger partial charge in [-0.1, -0.05) is 38.7 Å². The molecule has 2 nitrogen and oxygen atoms in total. The number of aliphatic hydroxyl groups is 1. The summed E-state index contributed by atoms with van der Waals surface area (Å²) in [4.78, 5) is 0. The van der Waals surface area contributed by atoms with Crippen molar-refractivity contribution < 1.29 is 48.0 Å². The number of aromatic hydroxyl groups is 1. The fraction of sp³-hybridized carbons (Fsp3) is 0.500. The SMILES string of the molecule is CCCCCc1c[c-]c(C2C=C(CO)CCC2)c(O)c1.[CH-]=C.[Ho]. The summed E-state index contributed by atoms with van der Waals surface area (Å²) < 4.78 is 0. The van der Waals surface area contributed by atoms with Gasteiger partial charge in [0.2, 0.25) is 0 Å². The van der Waals surface area contributed by atoms with Crippen LogP contribution in [0.4, 0.5) is 0 Å². The van der Waals surface area contributed by atoms with Crippen LogP contribution >= 0.6 is 0 Å². The summed E-state index contributed by atoms with van der Waals surface area (Å²) in [6, 6.07) is 7.18. The third-order valence-electron chi connectivity index (χ3n) is 4.10. The van der Waals surface area contributed by atoms with E-state index < -0.39 is 0 Å². The molecule has 1 unspecified atom stereocenters. The average molecular weight is 465 g/mol. The van der Waals surface area contributed by atoms with E-state index in [1.54, 1.807) is 0 Å². The van der Waals surface area contributed by atoms with Crippen molar-refractivity contribution >= 4 is 0 Å². The quantitative estimate of drug-likeness (QED) is 0.276. The number of rotatable bonds is 6. The molecule has 0 fully saturated rings. The molecule has 0 spiro atoms. The van der Waals surface area contributed by atoms with Crippen molar-refractivity contribution in [1.82, 2.24) is 0 Å². The van der Waals surface area contributed by atoms with E-state index in [4.69, 9.17) is 0 Å². The summed E-state index contributed by atoms with van der Waals surface area (Å²) >= 11 is 0. The second kappa shape index (κ2) is 13.1. The average Bonchev–Trinajstić information content (AvgIpc) is 2.57. The predicted octanol–water partition coefficient (Wildman–Crippen LogP) is 4.72. The Bertz CT molecular complexity index is 483. The molecule has 2 rings (SSSR count). The molecule has 1 atom stereocenters. The maximum absolute atomic E-state index is 10.2. The van der Waals surface area contributed by atoms with E-state index in [0.29, 0.717) is 5.75 Å². The Morgan fingerprint density at radius 1 is 1.35 bits per heavy atom. The van der Waals surface area contributed by atoms with Crippen molar-refractivity contribution in [2.75, 3.05) is 6.61 Å². The normalized spacial score (nSPS) is 16.6. The maximum Gasteiger partial charge on any atom is 0.0641 e. The van der Waals surface area contributed by atoms with Crippen LogP contribution in [0.1, 0.15) is 62.5 Å². The van der Waals surface area contributed by atoms with E-state index in [9.17, 15) is 10.2 Å². The maximum atomic E-state index is 10.2. The zero-order chi connectivity index (χ0) is 16.4. The Morgan fingerprint density at radius 3 is 2.70 bits per heavy atom. The minimum atomic E-state index is 0. The molecule has 1 aliphatic carbocycles. The molecule has 1 radical (unpaired) electrons. The summed E-state index contributed by atoms with van der Waals surface area (Å²) in [5, 5.41) is 19.5. The molecular weight excluding hydrogens is 437 g/mol. The monoisotopic (exact) mass is 465 g/mol. The number of benzene rings is 1. The summed E-state index contributed by atoms with van der Waals surface area (Å²) in [6.07, 6.45) is 9.81. The summed E-state index contributed by atoms with van der Waals surface area (Å²) in [5.41, 5.74) is 3.14. The molecule has 0 aliphatic heterocycles. The first kappa shape index (κ1) is 22.7. The van der Waals surface area contributed by atoms with Crippen molar-refractivity contribution in [1.29, 1.82) is 0 Å². The fourth-order valence-electron chi connectivity index (χ4n) is 2.92. The molecule has 3 heteroatoms. The van der Waals surface area contributed by atoms with Crippen LogP contribution in [0.5, 0.6) is 5.75 Å². The molecular formula is C20H28HoO2-2. The first-order valence-electron chi connectivity index (χ1n) is 8.19. The summed E-state index contributed by atoms with van der Waals surface area (Å²) in [6.45, 7) is 9.33. The number of hydrogen-bond donors (Lipinski definition) is 2. The van der Waals surface area contributed by atoms with E-state index in [0.717, 1.165) is 36.8 Å². The molecule has 0 amide bonds. The number of phenolic OH excluding ortho intramolecular Hbond substituents is 1. The van der Waals surface area contributed by atoms with Gasteiger partial charge in [0.15, 0.2) is 0 Å². The Balaban J connectivity index is 0.00000155. The Kier molecular flexibility index (Phi) is 12.9. The number of aryl methyl sites for hydroxylation is 1. The van der Waals surface area contributed by atoms with Gasteiger partial charge in [-0.15, -0.1) is 11.6 Å². The van der Waals surface area contributed by atoms with Crippen LogP contribution in [0, 0.1) is 50.4 Å². The predicted molar refractivity (Wildman–Crippen MR) is 91.9 cm³/mol. The van der Waals surface area contributed by atoms with Crippen LogP contribution in [-0.2, 0) is 6.42 Å². The molecule has 1 aliphatic rings. The van der Waals surface area contributed by atoms with E-state index in [-0.39, 0.29) is 50.3 Å². The van der Waals surface area contributed by atoms with E-state index in [2.05, 4.69) is 32.2 Å². The van der Waals surface area contributed by atoms with Gasteiger partial charge in [-0.05, 0) is 30.8 Å². The van der Waals surface area contributed by atoms with Crippen molar-refractivity contribution in [3.63, 3.8) is 0 Å². The second-order valence-corrected chi connectivity index (χ2v) is 5.75. The molecule has 1 aromatic rings. The zero-order valence-corrected chi connectivity index (χ0v) is 15.9. The Hall–Kier alpha value is -0.280. The van der Waals surface area contributed by atoms with E-state index >= 15 is 0 Å². The van der Waals surface area contributed by atoms with Crippen molar-refractivity contribution in [3.05, 3.63) is 54.1 Å². The largest absolute Gasteiger partial charge is 0.565 e. The topological polar surface area (TPSA) is 40.5 Å². The van der Waals surface area contributed by atoms with Crippen molar-refractivity contribution in [2.45, 2.75) is 57.8 Å². The number of hydrogen-bond acceptors (Lipinski definition) is 2. The van der Waals surface area contributed by atoms with Crippen LogP contribution in [-0.4, -0.2) is 16.8 Å². The van der Waals surface area contributed by atoms with Crippen molar-refractivity contribution in [2.24, 2.45) is 0 Å². The van der Waals surface area contributed by atoms with E-state index in [1.165, 1.54) is 24.8 Å². The zero-order valence-electron chi connectivity index (χ0n) is 13.9. The minimum Gasteiger partial charge on any atom is -0.565 e. The third kappa shape index (κ3) is 7.43.